The zero-order chi connectivity index (χ0) is 9.72. The maximum absolute atomic E-state index is 4.35. The van der Waals surface area contributed by atoms with Crippen molar-refractivity contribution >= 4 is 12.6 Å². The molecule has 0 aromatic rings. The summed E-state index contributed by atoms with van der Waals surface area (Å²) in [5.74, 6) is 0. The zero-order valence-electron chi connectivity index (χ0n) is 8.91. The molecule has 0 aliphatic carbocycles. The van der Waals surface area contributed by atoms with Crippen LogP contribution in [0.3, 0.4) is 0 Å². The summed E-state index contributed by atoms with van der Waals surface area (Å²) in [6.07, 6.45) is 0. The van der Waals surface area contributed by atoms with E-state index in [-0.39, 0.29) is 0 Å². The molecule has 0 heterocycles. The fourth-order valence-electron chi connectivity index (χ4n) is 0.761. The monoisotopic (exact) mass is 190 g/mol. The summed E-state index contributed by atoms with van der Waals surface area (Å²) in [6, 6.07) is 0.633. The van der Waals surface area contributed by atoms with Crippen LogP contribution >= 0.6 is 12.6 Å². The van der Waals surface area contributed by atoms with Crippen LogP contribution in [0.25, 0.3) is 0 Å². The number of hydrogen-bond acceptors (Lipinski definition) is 3. The lowest BCUT2D eigenvalue weighted by molar-refractivity contribution is 0.222. The third-order valence-electron chi connectivity index (χ3n) is 2.32. The van der Waals surface area contributed by atoms with E-state index in [1.54, 1.807) is 0 Å². The molecule has 0 amide bonds. The molecule has 0 aliphatic heterocycles. The molecule has 0 aromatic carbocycles. The second-order valence-corrected chi connectivity index (χ2v) is 4.43. The molecule has 74 valence electrons. The normalized spacial score (nSPS) is 14.8. The first-order valence-electron chi connectivity index (χ1n) is 4.53. The topological polar surface area (TPSA) is 6.48 Å². The Morgan fingerprint density at radius 3 is 1.75 bits per heavy atom. The van der Waals surface area contributed by atoms with E-state index in [9.17, 15) is 0 Å². The summed E-state index contributed by atoms with van der Waals surface area (Å²) >= 11 is 4.35. The van der Waals surface area contributed by atoms with Crippen molar-refractivity contribution in [3.05, 3.63) is 0 Å². The van der Waals surface area contributed by atoms with E-state index < -0.39 is 0 Å². The van der Waals surface area contributed by atoms with E-state index in [0.717, 1.165) is 13.1 Å². The average Bonchev–Trinajstić information content (AvgIpc) is 1.98. The highest BCUT2D eigenvalue weighted by molar-refractivity contribution is 7.80. The van der Waals surface area contributed by atoms with Crippen LogP contribution < -0.4 is 0 Å². The van der Waals surface area contributed by atoms with E-state index in [4.69, 9.17) is 0 Å². The number of nitrogens with zero attached hydrogens (tertiary/aromatic N) is 2. The zero-order valence-corrected chi connectivity index (χ0v) is 9.80. The Morgan fingerprint density at radius 2 is 1.42 bits per heavy atom. The lowest BCUT2D eigenvalue weighted by atomic mass is 10.3. The minimum atomic E-state index is 0.352. The minimum Gasteiger partial charge on any atom is -0.303 e. The molecule has 3 heteroatoms. The summed E-state index contributed by atoms with van der Waals surface area (Å²) in [5.41, 5.74) is 0. The number of likely N-dealkylation sites (N-methyl/N-ethyl adjacent to an activating group) is 2. The molecular formula is C9H22N2S. The van der Waals surface area contributed by atoms with Crippen LogP contribution in [0.5, 0.6) is 0 Å². The average molecular weight is 190 g/mol. The van der Waals surface area contributed by atoms with Gasteiger partial charge in [0.25, 0.3) is 0 Å². The van der Waals surface area contributed by atoms with Crippen molar-refractivity contribution in [1.29, 1.82) is 0 Å². The first kappa shape index (κ1) is 12.3. The molecule has 0 N–H and O–H groups in total. The van der Waals surface area contributed by atoms with Crippen LogP contribution in [0, 0.1) is 0 Å². The van der Waals surface area contributed by atoms with E-state index >= 15 is 0 Å². The standard InChI is InChI=1S/C9H22N2S/c1-8(2)10(4)6-7-11(5)9(3)12/h8-9,12H,6-7H2,1-5H3. The van der Waals surface area contributed by atoms with Gasteiger partial charge in [-0.3, -0.25) is 4.90 Å². The van der Waals surface area contributed by atoms with Gasteiger partial charge in [-0.2, -0.15) is 12.6 Å². The molecule has 0 aliphatic rings. The van der Waals surface area contributed by atoms with Gasteiger partial charge in [0, 0.05) is 24.5 Å². The van der Waals surface area contributed by atoms with Gasteiger partial charge in [0.1, 0.15) is 0 Å². The number of thiol groups is 1. The molecule has 0 fully saturated rings. The van der Waals surface area contributed by atoms with Crippen molar-refractivity contribution in [3.8, 4) is 0 Å². The van der Waals surface area contributed by atoms with Gasteiger partial charge in [-0.15, -0.1) is 0 Å². The second-order valence-electron chi connectivity index (χ2n) is 3.69. The van der Waals surface area contributed by atoms with Gasteiger partial charge < -0.3 is 4.90 Å². The van der Waals surface area contributed by atoms with Gasteiger partial charge in [0.15, 0.2) is 0 Å². The molecule has 1 atom stereocenters. The van der Waals surface area contributed by atoms with Crippen molar-refractivity contribution in [2.75, 3.05) is 27.2 Å². The lowest BCUT2D eigenvalue weighted by Crippen LogP contribution is -2.36. The van der Waals surface area contributed by atoms with Crippen LogP contribution in [0.15, 0.2) is 0 Å². The second kappa shape index (κ2) is 5.84. The molecule has 0 bridgehead atoms. The Balaban J connectivity index is 3.54. The van der Waals surface area contributed by atoms with Gasteiger partial charge in [0.05, 0.1) is 0 Å². The summed E-state index contributed by atoms with van der Waals surface area (Å²) in [7, 11) is 4.26. The van der Waals surface area contributed by atoms with Crippen molar-refractivity contribution in [2.24, 2.45) is 0 Å². The molecule has 0 saturated heterocycles. The highest BCUT2D eigenvalue weighted by Gasteiger charge is 2.06. The van der Waals surface area contributed by atoms with Gasteiger partial charge in [-0.05, 0) is 34.9 Å². The van der Waals surface area contributed by atoms with E-state index in [2.05, 4.69) is 57.3 Å². The van der Waals surface area contributed by atoms with Crippen molar-refractivity contribution in [3.63, 3.8) is 0 Å². The van der Waals surface area contributed by atoms with Crippen LogP contribution in [-0.2, 0) is 0 Å². The van der Waals surface area contributed by atoms with E-state index in [1.807, 2.05) is 0 Å². The SMILES string of the molecule is CC(C)N(C)CCN(C)C(C)S. The van der Waals surface area contributed by atoms with Gasteiger partial charge in [-0.25, -0.2) is 0 Å². The van der Waals surface area contributed by atoms with Crippen molar-refractivity contribution in [1.82, 2.24) is 9.80 Å². The largest absolute Gasteiger partial charge is 0.303 e. The first-order chi connectivity index (χ1) is 5.45. The van der Waals surface area contributed by atoms with Crippen LogP contribution in [0.1, 0.15) is 20.8 Å². The van der Waals surface area contributed by atoms with Crippen LogP contribution in [0.2, 0.25) is 0 Å². The predicted octanol–water partition coefficient (Wildman–Crippen LogP) is 1.53. The summed E-state index contributed by atoms with van der Waals surface area (Å²) in [4.78, 5) is 4.58. The third-order valence-corrected chi connectivity index (χ3v) is 2.72. The lowest BCUT2D eigenvalue weighted by Gasteiger charge is -2.26. The van der Waals surface area contributed by atoms with Crippen molar-refractivity contribution in [2.45, 2.75) is 32.2 Å². The van der Waals surface area contributed by atoms with Gasteiger partial charge in [-0.1, -0.05) is 0 Å². The highest BCUT2D eigenvalue weighted by atomic mass is 32.1. The smallest absolute Gasteiger partial charge is 0.0496 e. The highest BCUT2D eigenvalue weighted by Crippen LogP contribution is 2.00. The maximum atomic E-state index is 4.35. The van der Waals surface area contributed by atoms with Gasteiger partial charge >= 0.3 is 0 Å². The first-order valence-corrected chi connectivity index (χ1v) is 5.05. The Hall–Kier alpha value is 0.270. The molecule has 0 radical (unpaired) electrons. The molecule has 0 rings (SSSR count). The minimum absolute atomic E-state index is 0.352. The Bertz CT molecular complexity index is 101. The summed E-state index contributed by atoms with van der Waals surface area (Å²) in [6.45, 7) is 8.71. The molecule has 0 aromatic heterocycles. The molecule has 12 heavy (non-hydrogen) atoms. The van der Waals surface area contributed by atoms with E-state index in [0.29, 0.717) is 11.4 Å². The molecule has 1 unspecified atom stereocenters. The Morgan fingerprint density at radius 1 is 1.00 bits per heavy atom. The number of hydrogen-bond donors (Lipinski definition) is 1. The van der Waals surface area contributed by atoms with Crippen molar-refractivity contribution < 1.29 is 0 Å². The fraction of sp³-hybridized carbons (Fsp3) is 1.00. The van der Waals surface area contributed by atoms with Crippen LogP contribution in [0.4, 0.5) is 0 Å². The van der Waals surface area contributed by atoms with Crippen LogP contribution in [-0.4, -0.2) is 48.4 Å². The van der Waals surface area contributed by atoms with E-state index in [1.165, 1.54) is 0 Å². The predicted molar refractivity (Wildman–Crippen MR) is 58.8 cm³/mol. The molecule has 2 nitrogen and oxygen atoms in total. The molecule has 0 saturated carbocycles. The fourth-order valence-corrected chi connectivity index (χ4v) is 0.876. The molecule has 0 spiro atoms. The summed E-state index contributed by atoms with van der Waals surface area (Å²) < 4.78 is 0. The summed E-state index contributed by atoms with van der Waals surface area (Å²) in [5, 5.41) is 0.352. The number of rotatable bonds is 5. The Kier molecular flexibility index (Phi) is 5.97. The quantitative estimate of drug-likeness (QED) is 0.519. The third kappa shape index (κ3) is 5.01. The van der Waals surface area contributed by atoms with Gasteiger partial charge in [0.2, 0.25) is 0 Å². The maximum Gasteiger partial charge on any atom is 0.0496 e. The molecular weight excluding hydrogens is 168 g/mol. The Labute approximate surface area is 82.3 Å².